The highest BCUT2D eigenvalue weighted by Crippen LogP contribution is 2.20. The smallest absolute Gasteiger partial charge is 0.0950 e. The molecule has 1 aromatic carbocycles. The molecule has 1 aliphatic heterocycles. The van der Waals surface area contributed by atoms with E-state index in [4.69, 9.17) is 0 Å². The zero-order valence-electron chi connectivity index (χ0n) is 10.5. The van der Waals surface area contributed by atoms with Gasteiger partial charge in [-0.15, -0.1) is 0 Å². The van der Waals surface area contributed by atoms with Crippen molar-refractivity contribution in [3.63, 3.8) is 0 Å². The van der Waals surface area contributed by atoms with E-state index in [1.807, 2.05) is 18.2 Å². The van der Waals surface area contributed by atoms with Crippen LogP contribution in [-0.4, -0.2) is 53.3 Å². The Labute approximate surface area is 106 Å². The fourth-order valence-corrected chi connectivity index (χ4v) is 2.18. The second-order valence-electron chi connectivity index (χ2n) is 4.68. The average molecular weight is 243 g/mol. The van der Waals surface area contributed by atoms with Crippen molar-refractivity contribution in [1.29, 1.82) is 0 Å². The predicted octanol–water partition coefficient (Wildman–Crippen LogP) is 1.20. The van der Waals surface area contributed by atoms with E-state index >= 15 is 0 Å². The minimum absolute atomic E-state index is 0.927. The number of anilines is 1. The number of piperazine rings is 1. The van der Waals surface area contributed by atoms with Crippen LogP contribution in [0.25, 0.3) is 10.9 Å². The number of nitrogens with one attached hydrogen (secondary N) is 1. The normalized spacial score (nSPS) is 18.1. The van der Waals surface area contributed by atoms with Crippen molar-refractivity contribution in [3.8, 4) is 0 Å². The molecule has 0 bridgehead atoms. The largest absolute Gasteiger partial charge is 0.317 e. The fourth-order valence-electron chi connectivity index (χ4n) is 2.18. The summed E-state index contributed by atoms with van der Waals surface area (Å²) in [5, 5.41) is 11.5. The lowest BCUT2D eigenvalue weighted by atomic mass is 10.2. The van der Waals surface area contributed by atoms with Crippen LogP contribution in [-0.2, 0) is 0 Å². The van der Waals surface area contributed by atoms with Gasteiger partial charge >= 0.3 is 0 Å². The number of fused-ring (bicyclic) bond motifs is 1. The molecule has 0 aliphatic carbocycles. The topological polar surface area (TPSA) is 44.3 Å². The van der Waals surface area contributed by atoms with Crippen LogP contribution in [0, 0.1) is 0 Å². The lowest BCUT2D eigenvalue weighted by Crippen LogP contribution is -2.46. The first kappa shape index (κ1) is 11.4. The number of likely N-dealkylation sites (N-methyl/N-ethyl adjacent to an activating group) is 1. The number of aromatic nitrogens is 2. The summed E-state index contributed by atoms with van der Waals surface area (Å²) in [6.45, 7) is 4.22. The molecule has 1 fully saturated rings. The third kappa shape index (κ3) is 2.27. The maximum Gasteiger partial charge on any atom is 0.0950 e. The maximum absolute atomic E-state index is 4.13. The molecular formula is C13H17N5. The van der Waals surface area contributed by atoms with Crippen molar-refractivity contribution in [1.82, 2.24) is 20.1 Å². The van der Waals surface area contributed by atoms with Gasteiger partial charge in [0.25, 0.3) is 0 Å². The lowest BCUT2D eigenvalue weighted by Gasteiger charge is -2.33. The summed E-state index contributed by atoms with van der Waals surface area (Å²) in [5.41, 5.74) is 5.41. The summed E-state index contributed by atoms with van der Waals surface area (Å²) in [6.07, 6.45) is 1.79. The molecule has 1 aliphatic rings. The highest BCUT2D eigenvalue weighted by atomic mass is 15.5. The first-order valence-corrected chi connectivity index (χ1v) is 6.23. The molecular weight excluding hydrogens is 226 g/mol. The Morgan fingerprint density at radius 1 is 1.11 bits per heavy atom. The van der Waals surface area contributed by atoms with Crippen LogP contribution in [0.4, 0.5) is 5.69 Å². The van der Waals surface area contributed by atoms with Crippen molar-refractivity contribution in [2.45, 2.75) is 0 Å². The molecule has 0 amide bonds. The lowest BCUT2D eigenvalue weighted by molar-refractivity contribution is 0.179. The highest BCUT2D eigenvalue weighted by molar-refractivity contribution is 5.89. The zero-order chi connectivity index (χ0) is 12.4. The molecule has 2 heterocycles. The van der Waals surface area contributed by atoms with Gasteiger partial charge in [-0.2, -0.15) is 10.2 Å². The van der Waals surface area contributed by atoms with E-state index in [0.717, 1.165) is 42.8 Å². The van der Waals surface area contributed by atoms with E-state index in [0.29, 0.717) is 0 Å². The predicted molar refractivity (Wildman–Crippen MR) is 72.2 cm³/mol. The average Bonchev–Trinajstić information content (AvgIpc) is 2.42. The second kappa shape index (κ2) is 4.88. The SMILES string of the molecule is CN1CCN(Nc2cnnc3ccccc23)CC1. The Balaban J connectivity index is 1.82. The minimum atomic E-state index is 0.927. The molecule has 0 radical (unpaired) electrons. The van der Waals surface area contributed by atoms with Gasteiger partial charge in [-0.05, 0) is 13.1 Å². The zero-order valence-corrected chi connectivity index (χ0v) is 10.5. The molecule has 1 aromatic heterocycles. The maximum atomic E-state index is 4.13. The third-order valence-electron chi connectivity index (χ3n) is 3.33. The summed E-state index contributed by atoms with van der Waals surface area (Å²) in [6, 6.07) is 8.07. The first-order valence-electron chi connectivity index (χ1n) is 6.23. The van der Waals surface area contributed by atoms with Crippen molar-refractivity contribution in [2.75, 3.05) is 38.7 Å². The molecule has 18 heavy (non-hydrogen) atoms. The quantitative estimate of drug-likeness (QED) is 0.858. The van der Waals surface area contributed by atoms with E-state index in [1.165, 1.54) is 0 Å². The Morgan fingerprint density at radius 3 is 2.72 bits per heavy atom. The monoisotopic (exact) mass is 243 g/mol. The summed E-state index contributed by atoms with van der Waals surface area (Å²) in [4.78, 5) is 2.33. The van der Waals surface area contributed by atoms with Crippen molar-refractivity contribution >= 4 is 16.6 Å². The minimum Gasteiger partial charge on any atom is -0.317 e. The van der Waals surface area contributed by atoms with Crippen LogP contribution in [0.3, 0.4) is 0 Å². The van der Waals surface area contributed by atoms with Crippen LogP contribution in [0.2, 0.25) is 0 Å². The van der Waals surface area contributed by atoms with Crippen LogP contribution < -0.4 is 5.43 Å². The van der Waals surface area contributed by atoms with E-state index in [2.05, 4.69) is 38.6 Å². The standard InChI is InChI=1S/C13H17N5/c1-17-6-8-18(9-7-17)16-13-10-14-15-12-5-3-2-4-11(12)13/h2-5,10H,6-9H2,1H3,(H,15,16). The molecule has 1 N–H and O–H groups in total. The number of hydrogen-bond acceptors (Lipinski definition) is 5. The van der Waals surface area contributed by atoms with Crippen LogP contribution in [0.5, 0.6) is 0 Å². The fraction of sp³-hybridized carbons (Fsp3) is 0.385. The molecule has 5 heteroatoms. The van der Waals surface area contributed by atoms with E-state index < -0.39 is 0 Å². The second-order valence-corrected chi connectivity index (χ2v) is 4.68. The van der Waals surface area contributed by atoms with Gasteiger partial charge in [-0.1, -0.05) is 18.2 Å². The van der Waals surface area contributed by atoms with Gasteiger partial charge in [0.15, 0.2) is 0 Å². The van der Waals surface area contributed by atoms with E-state index in [-0.39, 0.29) is 0 Å². The van der Waals surface area contributed by atoms with Crippen LogP contribution in [0.1, 0.15) is 0 Å². The third-order valence-corrected chi connectivity index (χ3v) is 3.33. The number of rotatable bonds is 2. The van der Waals surface area contributed by atoms with Gasteiger partial charge < -0.3 is 10.3 Å². The van der Waals surface area contributed by atoms with Gasteiger partial charge in [0.05, 0.1) is 17.4 Å². The molecule has 5 nitrogen and oxygen atoms in total. The Hall–Kier alpha value is -1.72. The molecule has 2 aromatic rings. The van der Waals surface area contributed by atoms with Crippen LogP contribution >= 0.6 is 0 Å². The number of hydrogen-bond donors (Lipinski definition) is 1. The number of nitrogens with zero attached hydrogens (tertiary/aromatic N) is 4. The Morgan fingerprint density at radius 2 is 1.89 bits per heavy atom. The molecule has 0 atom stereocenters. The molecule has 3 rings (SSSR count). The van der Waals surface area contributed by atoms with Gasteiger partial charge in [-0.25, -0.2) is 5.01 Å². The van der Waals surface area contributed by atoms with E-state index in [1.54, 1.807) is 6.20 Å². The van der Waals surface area contributed by atoms with Gasteiger partial charge in [-0.3, -0.25) is 0 Å². The van der Waals surface area contributed by atoms with Gasteiger partial charge in [0, 0.05) is 31.6 Å². The summed E-state index contributed by atoms with van der Waals surface area (Å²) in [7, 11) is 2.15. The van der Waals surface area contributed by atoms with E-state index in [9.17, 15) is 0 Å². The van der Waals surface area contributed by atoms with Gasteiger partial charge in [0.1, 0.15) is 0 Å². The molecule has 94 valence electrons. The molecule has 0 unspecified atom stereocenters. The van der Waals surface area contributed by atoms with Gasteiger partial charge in [0.2, 0.25) is 0 Å². The molecule has 1 saturated heterocycles. The summed E-state index contributed by atoms with van der Waals surface area (Å²) in [5.74, 6) is 0. The van der Waals surface area contributed by atoms with Crippen LogP contribution in [0.15, 0.2) is 30.5 Å². The van der Waals surface area contributed by atoms with Crippen molar-refractivity contribution in [3.05, 3.63) is 30.5 Å². The summed E-state index contributed by atoms with van der Waals surface area (Å²) >= 11 is 0. The first-order chi connectivity index (χ1) is 8.83. The Bertz CT molecular complexity index is 528. The van der Waals surface area contributed by atoms with Crippen molar-refractivity contribution < 1.29 is 0 Å². The molecule has 0 saturated carbocycles. The summed E-state index contributed by atoms with van der Waals surface area (Å²) < 4.78 is 0. The highest BCUT2D eigenvalue weighted by Gasteiger charge is 2.14. The molecule has 0 spiro atoms. The number of benzene rings is 1. The number of hydrazine groups is 1. The Kier molecular flexibility index (Phi) is 3.08. The van der Waals surface area contributed by atoms with Crippen molar-refractivity contribution in [2.24, 2.45) is 0 Å².